The first-order chi connectivity index (χ1) is 17.2. The SMILES string of the molecule is O=C(CSc1nc(-c2ccccc2)c(-c2ccccc2)n1-c1ccccc1)Nc1ccc(I)cc1. The topological polar surface area (TPSA) is 46.9 Å². The summed E-state index contributed by atoms with van der Waals surface area (Å²) in [5.41, 5.74) is 5.79. The fraction of sp³-hybridized carbons (Fsp3) is 0.0345. The van der Waals surface area contributed by atoms with Crippen LogP contribution in [0.15, 0.2) is 120 Å². The maximum absolute atomic E-state index is 12.8. The van der Waals surface area contributed by atoms with Crippen LogP contribution in [0.3, 0.4) is 0 Å². The van der Waals surface area contributed by atoms with Gasteiger partial charge in [0.05, 0.1) is 17.1 Å². The number of hydrogen-bond acceptors (Lipinski definition) is 3. The van der Waals surface area contributed by atoms with Crippen molar-refractivity contribution in [2.45, 2.75) is 5.16 Å². The third-order valence-corrected chi connectivity index (χ3v) is 7.07. The summed E-state index contributed by atoms with van der Waals surface area (Å²) in [4.78, 5) is 17.8. The van der Waals surface area contributed by atoms with Crippen LogP contribution in [0.5, 0.6) is 0 Å². The zero-order chi connectivity index (χ0) is 24.0. The minimum Gasteiger partial charge on any atom is -0.325 e. The number of nitrogens with one attached hydrogen (secondary N) is 1. The van der Waals surface area contributed by atoms with Crippen molar-refractivity contribution in [3.8, 4) is 28.2 Å². The van der Waals surface area contributed by atoms with E-state index in [1.165, 1.54) is 11.8 Å². The zero-order valence-corrected chi connectivity index (χ0v) is 21.7. The van der Waals surface area contributed by atoms with Crippen LogP contribution >= 0.6 is 34.4 Å². The van der Waals surface area contributed by atoms with Gasteiger partial charge >= 0.3 is 0 Å². The number of halogens is 1. The Bertz CT molecular complexity index is 1420. The number of carbonyl (C=O) groups is 1. The minimum absolute atomic E-state index is 0.0682. The Labute approximate surface area is 222 Å². The molecule has 0 aliphatic carbocycles. The summed E-state index contributed by atoms with van der Waals surface area (Å²) in [7, 11) is 0. The number of thioether (sulfide) groups is 1. The molecule has 1 aromatic heterocycles. The largest absolute Gasteiger partial charge is 0.325 e. The van der Waals surface area contributed by atoms with Crippen molar-refractivity contribution in [1.82, 2.24) is 9.55 Å². The maximum Gasteiger partial charge on any atom is 0.234 e. The van der Waals surface area contributed by atoms with Crippen molar-refractivity contribution in [2.75, 3.05) is 11.1 Å². The first-order valence-electron chi connectivity index (χ1n) is 11.2. The summed E-state index contributed by atoms with van der Waals surface area (Å²) in [5, 5.41) is 3.75. The van der Waals surface area contributed by atoms with Crippen LogP contribution in [0.1, 0.15) is 0 Å². The summed E-state index contributed by atoms with van der Waals surface area (Å²) >= 11 is 3.69. The number of para-hydroxylation sites is 1. The lowest BCUT2D eigenvalue weighted by Gasteiger charge is -2.13. The quantitative estimate of drug-likeness (QED) is 0.158. The van der Waals surface area contributed by atoms with Gasteiger partial charge in [-0.2, -0.15) is 0 Å². The second-order valence-electron chi connectivity index (χ2n) is 7.84. The molecule has 172 valence electrons. The normalized spacial score (nSPS) is 10.8. The molecule has 4 aromatic carbocycles. The summed E-state index contributed by atoms with van der Waals surface area (Å²) < 4.78 is 3.28. The Morgan fingerprint density at radius 3 is 1.97 bits per heavy atom. The van der Waals surface area contributed by atoms with Gasteiger partial charge in [0.2, 0.25) is 5.91 Å². The number of rotatable bonds is 7. The number of amides is 1. The molecule has 5 aromatic rings. The van der Waals surface area contributed by atoms with Crippen molar-refractivity contribution < 1.29 is 4.79 Å². The molecule has 0 saturated carbocycles. The molecule has 1 N–H and O–H groups in total. The maximum atomic E-state index is 12.8. The summed E-state index contributed by atoms with van der Waals surface area (Å²) in [6, 6.07) is 38.4. The zero-order valence-electron chi connectivity index (χ0n) is 18.8. The third kappa shape index (κ3) is 5.49. The van der Waals surface area contributed by atoms with Crippen LogP contribution in [0.2, 0.25) is 0 Å². The van der Waals surface area contributed by atoms with Crippen LogP contribution in [0.4, 0.5) is 5.69 Å². The Kier molecular flexibility index (Phi) is 7.30. The van der Waals surface area contributed by atoms with Crippen molar-refractivity contribution >= 4 is 45.9 Å². The number of nitrogens with zero attached hydrogens (tertiary/aromatic N) is 2. The molecule has 0 radical (unpaired) electrons. The van der Waals surface area contributed by atoms with E-state index in [0.717, 1.165) is 42.6 Å². The first-order valence-corrected chi connectivity index (χ1v) is 13.2. The van der Waals surface area contributed by atoms with E-state index in [4.69, 9.17) is 4.98 Å². The molecule has 1 amide bonds. The number of aromatic nitrogens is 2. The highest BCUT2D eigenvalue weighted by Crippen LogP contribution is 2.38. The average Bonchev–Trinajstić information content (AvgIpc) is 3.30. The van der Waals surface area contributed by atoms with E-state index in [9.17, 15) is 4.79 Å². The van der Waals surface area contributed by atoms with Crippen LogP contribution in [0.25, 0.3) is 28.2 Å². The van der Waals surface area contributed by atoms with E-state index in [0.29, 0.717) is 0 Å². The lowest BCUT2D eigenvalue weighted by molar-refractivity contribution is -0.113. The highest BCUT2D eigenvalue weighted by molar-refractivity contribution is 14.1. The highest BCUT2D eigenvalue weighted by atomic mass is 127. The van der Waals surface area contributed by atoms with Crippen molar-refractivity contribution in [1.29, 1.82) is 0 Å². The summed E-state index contributed by atoms with van der Waals surface area (Å²) in [6.07, 6.45) is 0. The van der Waals surface area contributed by atoms with Gasteiger partial charge < -0.3 is 5.32 Å². The average molecular weight is 587 g/mol. The van der Waals surface area contributed by atoms with Gasteiger partial charge in [-0.05, 0) is 59.0 Å². The molecule has 0 atom stereocenters. The molecule has 0 aliphatic heterocycles. The second kappa shape index (κ2) is 10.9. The van der Waals surface area contributed by atoms with Gasteiger partial charge in [-0.3, -0.25) is 9.36 Å². The smallest absolute Gasteiger partial charge is 0.234 e. The number of carbonyl (C=O) groups excluding carboxylic acids is 1. The van der Waals surface area contributed by atoms with E-state index in [1.807, 2.05) is 78.9 Å². The Morgan fingerprint density at radius 2 is 1.34 bits per heavy atom. The Morgan fingerprint density at radius 1 is 0.771 bits per heavy atom. The van der Waals surface area contributed by atoms with Crippen LogP contribution in [-0.4, -0.2) is 21.2 Å². The molecule has 0 spiro atoms. The fourth-order valence-corrected chi connectivity index (χ4v) is 5.01. The molecule has 5 rings (SSSR count). The molecule has 0 aliphatic rings. The van der Waals surface area contributed by atoms with Gasteiger partial charge in [-0.25, -0.2) is 4.98 Å². The first kappa shape index (κ1) is 23.4. The van der Waals surface area contributed by atoms with E-state index in [2.05, 4.69) is 68.9 Å². The number of hydrogen-bond donors (Lipinski definition) is 1. The predicted molar refractivity (Wildman–Crippen MR) is 153 cm³/mol. The van der Waals surface area contributed by atoms with Gasteiger partial charge in [-0.1, -0.05) is 90.6 Å². The Balaban J connectivity index is 1.55. The van der Waals surface area contributed by atoms with Gasteiger partial charge in [0.15, 0.2) is 5.16 Å². The number of imidazole rings is 1. The summed E-state index contributed by atoms with van der Waals surface area (Å²) in [6.45, 7) is 0. The van der Waals surface area contributed by atoms with Gasteiger partial charge in [0, 0.05) is 26.1 Å². The highest BCUT2D eigenvalue weighted by Gasteiger charge is 2.22. The molecule has 0 unspecified atom stereocenters. The molecular weight excluding hydrogens is 565 g/mol. The lowest BCUT2D eigenvalue weighted by atomic mass is 10.0. The van der Waals surface area contributed by atoms with Gasteiger partial charge in [0.25, 0.3) is 0 Å². The van der Waals surface area contributed by atoms with Crippen molar-refractivity contribution in [3.05, 3.63) is 119 Å². The van der Waals surface area contributed by atoms with Crippen LogP contribution < -0.4 is 5.32 Å². The number of benzene rings is 4. The molecule has 0 bridgehead atoms. The summed E-state index contributed by atoms with van der Waals surface area (Å²) in [5.74, 6) is 0.180. The van der Waals surface area contributed by atoms with Gasteiger partial charge in [-0.15, -0.1) is 0 Å². The van der Waals surface area contributed by atoms with Gasteiger partial charge in [0.1, 0.15) is 0 Å². The number of anilines is 1. The molecule has 35 heavy (non-hydrogen) atoms. The van der Waals surface area contributed by atoms with Crippen LogP contribution in [0, 0.1) is 3.57 Å². The van der Waals surface area contributed by atoms with E-state index in [1.54, 1.807) is 0 Å². The fourth-order valence-electron chi connectivity index (χ4n) is 3.83. The molecular formula is C29H22IN3OS. The predicted octanol–water partition coefficient (Wildman–Crippen LogP) is 7.54. The van der Waals surface area contributed by atoms with Crippen LogP contribution in [-0.2, 0) is 4.79 Å². The minimum atomic E-state index is -0.0682. The van der Waals surface area contributed by atoms with E-state index in [-0.39, 0.29) is 11.7 Å². The standard InChI is InChI=1S/C29H22IN3OS/c30-23-16-18-24(19-17-23)31-26(34)20-35-29-32-27(21-10-4-1-5-11-21)28(22-12-6-2-7-13-22)33(29)25-14-8-3-9-15-25/h1-19H,20H2,(H,31,34). The molecule has 0 saturated heterocycles. The third-order valence-electron chi connectivity index (χ3n) is 5.42. The van der Waals surface area contributed by atoms with E-state index < -0.39 is 0 Å². The Hall–Kier alpha value is -3.36. The van der Waals surface area contributed by atoms with Crippen molar-refractivity contribution in [2.24, 2.45) is 0 Å². The molecule has 6 heteroatoms. The van der Waals surface area contributed by atoms with Crippen molar-refractivity contribution in [3.63, 3.8) is 0 Å². The van der Waals surface area contributed by atoms with E-state index >= 15 is 0 Å². The molecule has 4 nitrogen and oxygen atoms in total. The lowest BCUT2D eigenvalue weighted by Crippen LogP contribution is -2.14. The monoisotopic (exact) mass is 587 g/mol. The molecule has 0 fully saturated rings. The second-order valence-corrected chi connectivity index (χ2v) is 10.0. The molecule has 1 heterocycles.